The molecule has 11 heteroatoms. The minimum atomic E-state index is -0.551. The molecule has 0 saturated heterocycles. The Morgan fingerprint density at radius 3 is 2.41 bits per heavy atom. The van der Waals surface area contributed by atoms with Gasteiger partial charge in [0.1, 0.15) is 9.88 Å². The van der Waals surface area contributed by atoms with Crippen LogP contribution in [0.2, 0.25) is 0 Å². The van der Waals surface area contributed by atoms with Crippen LogP contribution >= 0.6 is 23.1 Å². The number of thiophene rings is 1. The summed E-state index contributed by atoms with van der Waals surface area (Å²) < 4.78 is 10.8. The SMILES string of the molecule is CCOC(=O)c1sc(NC(=O)CSc2nnc(Cc3ccccc3)o2)c(C(=O)Nc2ccccc2)c1C. The molecule has 0 radical (unpaired) electrons. The van der Waals surface area contributed by atoms with Gasteiger partial charge in [-0.05, 0) is 37.1 Å². The van der Waals surface area contributed by atoms with E-state index >= 15 is 0 Å². The molecule has 0 aliphatic carbocycles. The molecule has 0 fully saturated rings. The first-order valence-electron chi connectivity index (χ1n) is 11.4. The van der Waals surface area contributed by atoms with Gasteiger partial charge < -0.3 is 19.8 Å². The van der Waals surface area contributed by atoms with Crippen LogP contribution < -0.4 is 10.6 Å². The quantitative estimate of drug-likeness (QED) is 0.210. The third kappa shape index (κ3) is 6.83. The van der Waals surface area contributed by atoms with Gasteiger partial charge in [0.15, 0.2) is 0 Å². The number of rotatable bonds is 10. The van der Waals surface area contributed by atoms with Crippen LogP contribution in [0.3, 0.4) is 0 Å². The number of thioether (sulfide) groups is 1. The number of amides is 2. The molecular formula is C26H24N4O5S2. The molecule has 9 nitrogen and oxygen atoms in total. The largest absolute Gasteiger partial charge is 0.462 e. The summed E-state index contributed by atoms with van der Waals surface area (Å²) >= 11 is 2.08. The summed E-state index contributed by atoms with van der Waals surface area (Å²) in [6.45, 7) is 3.54. The van der Waals surface area contributed by atoms with Crippen LogP contribution in [-0.4, -0.2) is 40.3 Å². The maximum absolute atomic E-state index is 13.1. The van der Waals surface area contributed by atoms with E-state index < -0.39 is 17.8 Å². The Kier molecular flexibility index (Phi) is 8.70. The zero-order chi connectivity index (χ0) is 26.2. The maximum atomic E-state index is 13.1. The fourth-order valence-corrected chi connectivity index (χ4v) is 5.10. The molecule has 0 unspecified atom stereocenters. The zero-order valence-electron chi connectivity index (χ0n) is 20.1. The normalized spacial score (nSPS) is 10.6. The summed E-state index contributed by atoms with van der Waals surface area (Å²) in [6.07, 6.45) is 0.492. The van der Waals surface area contributed by atoms with Crippen molar-refractivity contribution in [2.24, 2.45) is 0 Å². The number of aromatic nitrogens is 2. The number of carbonyl (C=O) groups excluding carboxylic acids is 3. The molecule has 4 rings (SSSR count). The first kappa shape index (κ1) is 26.1. The first-order chi connectivity index (χ1) is 17.9. The molecule has 0 spiro atoms. The van der Waals surface area contributed by atoms with Gasteiger partial charge in [-0.3, -0.25) is 9.59 Å². The van der Waals surface area contributed by atoms with E-state index in [2.05, 4.69) is 20.8 Å². The Hall–Kier alpha value is -3.96. The van der Waals surface area contributed by atoms with E-state index in [9.17, 15) is 14.4 Å². The van der Waals surface area contributed by atoms with E-state index in [1.54, 1.807) is 38.1 Å². The number of hydrogen-bond donors (Lipinski definition) is 2. The number of ether oxygens (including phenoxy) is 1. The molecule has 4 aromatic rings. The molecule has 2 aromatic carbocycles. The highest BCUT2D eigenvalue weighted by atomic mass is 32.2. The summed E-state index contributed by atoms with van der Waals surface area (Å²) in [4.78, 5) is 38.6. The summed E-state index contributed by atoms with van der Waals surface area (Å²) in [5, 5.41) is 14.1. The number of anilines is 2. The standard InChI is InChI=1S/C26H24N4O5S2/c1-3-34-25(33)22-16(2)21(23(32)27-18-12-8-5-9-13-18)24(37-22)28-19(31)15-36-26-30-29-20(35-26)14-17-10-6-4-7-11-17/h4-13H,3,14-15H2,1-2H3,(H,27,32)(H,28,31). The Morgan fingerprint density at radius 1 is 1.00 bits per heavy atom. The molecule has 190 valence electrons. The lowest BCUT2D eigenvalue weighted by Gasteiger charge is -2.08. The Morgan fingerprint density at radius 2 is 1.70 bits per heavy atom. The van der Waals surface area contributed by atoms with Crippen LogP contribution in [-0.2, 0) is 16.0 Å². The molecule has 2 amide bonds. The zero-order valence-corrected chi connectivity index (χ0v) is 21.8. The van der Waals surface area contributed by atoms with Gasteiger partial charge in [-0.2, -0.15) is 0 Å². The second-order valence-corrected chi connectivity index (χ2v) is 9.71. The van der Waals surface area contributed by atoms with Crippen molar-refractivity contribution >= 4 is 51.6 Å². The molecule has 37 heavy (non-hydrogen) atoms. The van der Waals surface area contributed by atoms with E-state index in [0.29, 0.717) is 23.6 Å². The smallest absolute Gasteiger partial charge is 0.348 e. The molecule has 0 saturated carbocycles. The molecule has 0 aliphatic heterocycles. The number of para-hydroxylation sites is 1. The van der Waals surface area contributed by atoms with Crippen LogP contribution in [0.25, 0.3) is 0 Å². The topological polar surface area (TPSA) is 123 Å². The third-order valence-corrected chi connectivity index (χ3v) is 7.10. The predicted octanol–water partition coefficient (Wildman–Crippen LogP) is 5.19. The lowest BCUT2D eigenvalue weighted by atomic mass is 10.1. The Labute approximate surface area is 221 Å². The molecular weight excluding hydrogens is 512 g/mol. The Balaban J connectivity index is 1.45. The van der Waals surface area contributed by atoms with E-state index in [1.807, 2.05) is 36.4 Å². The fourth-order valence-electron chi connectivity index (χ4n) is 3.41. The van der Waals surface area contributed by atoms with Gasteiger partial charge in [0.2, 0.25) is 11.8 Å². The predicted molar refractivity (Wildman–Crippen MR) is 142 cm³/mol. The highest BCUT2D eigenvalue weighted by molar-refractivity contribution is 7.99. The van der Waals surface area contributed by atoms with Crippen molar-refractivity contribution in [1.82, 2.24) is 10.2 Å². The van der Waals surface area contributed by atoms with Crippen LogP contribution in [0.1, 0.15) is 44.0 Å². The molecule has 0 atom stereocenters. The molecule has 2 N–H and O–H groups in total. The van der Waals surface area contributed by atoms with E-state index in [4.69, 9.17) is 9.15 Å². The summed E-state index contributed by atoms with van der Waals surface area (Å²) in [6, 6.07) is 18.6. The third-order valence-electron chi connectivity index (χ3n) is 5.09. The van der Waals surface area contributed by atoms with Crippen LogP contribution in [0.4, 0.5) is 10.7 Å². The maximum Gasteiger partial charge on any atom is 0.348 e. The van der Waals surface area contributed by atoms with Gasteiger partial charge in [-0.25, -0.2) is 4.79 Å². The second kappa shape index (κ2) is 12.3. The summed E-state index contributed by atoms with van der Waals surface area (Å²) in [7, 11) is 0. The molecule has 2 aromatic heterocycles. The van der Waals surface area contributed by atoms with Crippen molar-refractivity contribution < 1.29 is 23.5 Å². The van der Waals surface area contributed by atoms with Crippen molar-refractivity contribution in [3.8, 4) is 0 Å². The van der Waals surface area contributed by atoms with Crippen molar-refractivity contribution in [3.63, 3.8) is 0 Å². The van der Waals surface area contributed by atoms with Crippen LogP contribution in [0.15, 0.2) is 70.3 Å². The Bertz CT molecular complexity index is 1390. The van der Waals surface area contributed by atoms with E-state index in [0.717, 1.165) is 28.7 Å². The summed E-state index contributed by atoms with van der Waals surface area (Å²) in [5.41, 5.74) is 2.26. The van der Waals surface area contributed by atoms with Crippen molar-refractivity contribution in [3.05, 3.63) is 88.1 Å². The number of benzene rings is 2. The summed E-state index contributed by atoms with van der Waals surface area (Å²) in [5.74, 6) is -0.968. The number of carbonyl (C=O) groups is 3. The number of hydrogen-bond acceptors (Lipinski definition) is 9. The fraction of sp³-hybridized carbons (Fsp3) is 0.192. The van der Waals surface area contributed by atoms with Crippen molar-refractivity contribution in [1.29, 1.82) is 0 Å². The van der Waals surface area contributed by atoms with Crippen molar-refractivity contribution in [2.45, 2.75) is 25.5 Å². The van der Waals surface area contributed by atoms with Crippen LogP contribution in [0, 0.1) is 6.92 Å². The van der Waals surface area contributed by atoms with Crippen LogP contribution in [0.5, 0.6) is 0 Å². The van der Waals surface area contributed by atoms with E-state index in [1.165, 1.54) is 0 Å². The molecule has 0 aliphatic rings. The minimum Gasteiger partial charge on any atom is -0.462 e. The minimum absolute atomic E-state index is 0.0294. The highest BCUT2D eigenvalue weighted by Gasteiger charge is 2.26. The number of nitrogens with one attached hydrogen (secondary N) is 2. The van der Waals surface area contributed by atoms with Gasteiger partial charge in [-0.15, -0.1) is 21.5 Å². The number of nitrogens with zero attached hydrogens (tertiary/aromatic N) is 2. The average Bonchev–Trinajstić information content (AvgIpc) is 3.47. The lowest BCUT2D eigenvalue weighted by molar-refractivity contribution is -0.113. The van der Waals surface area contributed by atoms with Gasteiger partial charge in [0.05, 0.1) is 24.3 Å². The van der Waals surface area contributed by atoms with Gasteiger partial charge >= 0.3 is 5.97 Å². The second-order valence-electron chi connectivity index (χ2n) is 7.76. The monoisotopic (exact) mass is 536 g/mol. The molecule has 2 heterocycles. The van der Waals surface area contributed by atoms with Gasteiger partial charge in [-0.1, -0.05) is 60.3 Å². The van der Waals surface area contributed by atoms with Gasteiger partial charge in [0, 0.05) is 5.69 Å². The lowest BCUT2D eigenvalue weighted by Crippen LogP contribution is -2.18. The van der Waals surface area contributed by atoms with E-state index in [-0.39, 0.29) is 33.0 Å². The highest BCUT2D eigenvalue weighted by Crippen LogP contribution is 2.34. The first-order valence-corrected chi connectivity index (χ1v) is 13.2. The van der Waals surface area contributed by atoms with Gasteiger partial charge in [0.25, 0.3) is 11.1 Å². The molecule has 0 bridgehead atoms. The number of esters is 1. The van der Waals surface area contributed by atoms with Crippen molar-refractivity contribution in [2.75, 3.05) is 23.0 Å². The average molecular weight is 537 g/mol.